The lowest BCUT2D eigenvalue weighted by Crippen LogP contribution is -2.39. The van der Waals surface area contributed by atoms with Crippen LogP contribution in [-0.2, 0) is 4.79 Å². The number of hydrogen-bond donors (Lipinski definition) is 2. The molecule has 1 fully saturated rings. The monoisotopic (exact) mass is 172 g/mol. The molecule has 3 heteroatoms. The van der Waals surface area contributed by atoms with Crippen LogP contribution in [-0.4, -0.2) is 22.8 Å². The zero-order chi connectivity index (χ0) is 9.19. The van der Waals surface area contributed by atoms with E-state index in [1.807, 2.05) is 6.92 Å². The summed E-state index contributed by atoms with van der Waals surface area (Å²) >= 11 is 0. The topological polar surface area (TPSA) is 57.5 Å². The van der Waals surface area contributed by atoms with E-state index in [-0.39, 0.29) is 12.5 Å². The van der Waals surface area contributed by atoms with Crippen molar-refractivity contribution < 1.29 is 15.0 Å². The highest BCUT2D eigenvalue weighted by Gasteiger charge is 2.44. The van der Waals surface area contributed by atoms with E-state index < -0.39 is 11.4 Å². The molecule has 1 aliphatic carbocycles. The maximum Gasteiger partial charge on any atom is 0.309 e. The summed E-state index contributed by atoms with van der Waals surface area (Å²) in [7, 11) is 0. The molecule has 0 amide bonds. The van der Waals surface area contributed by atoms with Crippen molar-refractivity contribution in [1.82, 2.24) is 0 Å². The molecule has 0 heterocycles. The summed E-state index contributed by atoms with van der Waals surface area (Å²) in [4.78, 5) is 10.9. The number of carbonyl (C=O) groups is 1. The van der Waals surface area contributed by atoms with Gasteiger partial charge in [0.2, 0.25) is 0 Å². The van der Waals surface area contributed by atoms with Gasteiger partial charge in [0.25, 0.3) is 0 Å². The van der Waals surface area contributed by atoms with Crippen LogP contribution in [0.3, 0.4) is 0 Å². The minimum Gasteiger partial charge on any atom is -0.481 e. The van der Waals surface area contributed by atoms with E-state index in [2.05, 4.69) is 0 Å². The third-order valence-corrected chi connectivity index (χ3v) is 2.82. The molecule has 1 unspecified atom stereocenters. The Kier molecular flexibility index (Phi) is 2.73. The first kappa shape index (κ1) is 9.52. The van der Waals surface area contributed by atoms with Crippen molar-refractivity contribution >= 4 is 5.97 Å². The Morgan fingerprint density at radius 2 is 2.17 bits per heavy atom. The molecule has 12 heavy (non-hydrogen) atoms. The van der Waals surface area contributed by atoms with Crippen LogP contribution >= 0.6 is 0 Å². The average molecular weight is 172 g/mol. The van der Waals surface area contributed by atoms with Crippen LogP contribution in [0, 0.1) is 11.3 Å². The fourth-order valence-corrected chi connectivity index (χ4v) is 1.84. The summed E-state index contributed by atoms with van der Waals surface area (Å²) in [6.45, 7) is 1.98. The van der Waals surface area contributed by atoms with E-state index in [0.29, 0.717) is 6.42 Å². The third-order valence-electron chi connectivity index (χ3n) is 2.82. The van der Waals surface area contributed by atoms with Crippen LogP contribution in [0.1, 0.15) is 32.6 Å². The Morgan fingerprint density at radius 3 is 2.42 bits per heavy atom. The van der Waals surface area contributed by atoms with Crippen LogP contribution in [0.4, 0.5) is 0 Å². The molecule has 0 bridgehead atoms. The molecule has 0 aromatic heterocycles. The highest BCUT2D eigenvalue weighted by Crippen LogP contribution is 2.45. The van der Waals surface area contributed by atoms with Gasteiger partial charge < -0.3 is 10.2 Å². The molecule has 1 saturated carbocycles. The Morgan fingerprint density at radius 1 is 1.58 bits per heavy atom. The first-order valence-corrected chi connectivity index (χ1v) is 4.45. The highest BCUT2D eigenvalue weighted by atomic mass is 16.4. The van der Waals surface area contributed by atoms with Gasteiger partial charge in [0.05, 0.1) is 5.41 Å². The van der Waals surface area contributed by atoms with E-state index in [4.69, 9.17) is 10.2 Å². The van der Waals surface area contributed by atoms with Gasteiger partial charge in [-0.2, -0.15) is 0 Å². The second-order valence-electron chi connectivity index (χ2n) is 3.93. The average Bonchev–Trinajstić information content (AvgIpc) is 1.95. The van der Waals surface area contributed by atoms with E-state index in [1.165, 1.54) is 0 Å². The summed E-state index contributed by atoms with van der Waals surface area (Å²) < 4.78 is 0. The van der Waals surface area contributed by atoms with Crippen LogP contribution in [0.15, 0.2) is 0 Å². The van der Waals surface area contributed by atoms with Gasteiger partial charge in [-0.25, -0.2) is 0 Å². The molecule has 2 N–H and O–H groups in total. The number of aliphatic hydroxyl groups excluding tert-OH is 1. The van der Waals surface area contributed by atoms with Gasteiger partial charge in [-0.05, 0) is 25.2 Å². The van der Waals surface area contributed by atoms with Crippen LogP contribution in [0.25, 0.3) is 0 Å². The van der Waals surface area contributed by atoms with Crippen molar-refractivity contribution in [2.75, 3.05) is 6.61 Å². The summed E-state index contributed by atoms with van der Waals surface area (Å²) in [6, 6.07) is 0. The number of carboxylic acids is 1. The lowest BCUT2D eigenvalue weighted by atomic mass is 9.64. The number of aliphatic carboxylic acids is 1. The lowest BCUT2D eigenvalue weighted by molar-refractivity contribution is -0.156. The summed E-state index contributed by atoms with van der Waals surface area (Å²) in [5.41, 5.74) is -0.498. The normalized spacial score (nSPS) is 22.8. The number of carboxylic acid groups (broad SMARTS) is 1. The maximum atomic E-state index is 10.9. The largest absolute Gasteiger partial charge is 0.481 e. The Labute approximate surface area is 72.4 Å². The van der Waals surface area contributed by atoms with Crippen molar-refractivity contribution in [3.05, 3.63) is 0 Å². The zero-order valence-electron chi connectivity index (χ0n) is 7.42. The molecule has 1 rings (SSSR count). The van der Waals surface area contributed by atoms with E-state index in [9.17, 15) is 4.79 Å². The highest BCUT2D eigenvalue weighted by molar-refractivity contribution is 5.75. The van der Waals surface area contributed by atoms with Crippen LogP contribution in [0.5, 0.6) is 0 Å². The van der Waals surface area contributed by atoms with Crippen molar-refractivity contribution in [3.8, 4) is 0 Å². The molecule has 0 aromatic rings. The molecule has 0 saturated heterocycles. The van der Waals surface area contributed by atoms with Crippen molar-refractivity contribution in [2.45, 2.75) is 32.6 Å². The molecular weight excluding hydrogens is 156 g/mol. The Bertz CT molecular complexity index is 173. The van der Waals surface area contributed by atoms with E-state index in [0.717, 1.165) is 19.3 Å². The number of rotatable bonds is 4. The molecule has 0 spiro atoms. The van der Waals surface area contributed by atoms with Crippen molar-refractivity contribution in [1.29, 1.82) is 0 Å². The van der Waals surface area contributed by atoms with Gasteiger partial charge in [0, 0.05) is 6.61 Å². The van der Waals surface area contributed by atoms with Gasteiger partial charge in [-0.3, -0.25) is 4.79 Å². The Balaban J connectivity index is 2.50. The zero-order valence-corrected chi connectivity index (χ0v) is 7.42. The fraction of sp³-hybridized carbons (Fsp3) is 0.889. The predicted molar refractivity (Wildman–Crippen MR) is 44.8 cm³/mol. The van der Waals surface area contributed by atoms with Gasteiger partial charge in [-0.15, -0.1) is 0 Å². The minimum atomic E-state index is -0.686. The van der Waals surface area contributed by atoms with Gasteiger partial charge in [0.1, 0.15) is 0 Å². The summed E-state index contributed by atoms with van der Waals surface area (Å²) in [5.74, 6) is -0.574. The minimum absolute atomic E-state index is 0.0923. The smallest absolute Gasteiger partial charge is 0.309 e. The summed E-state index contributed by atoms with van der Waals surface area (Å²) in [6.07, 6.45) is 3.21. The molecule has 0 aliphatic heterocycles. The molecule has 0 radical (unpaired) electrons. The standard InChI is InChI=1S/C9H16O3/c1-7(6-10)5-9(8(11)12)3-2-4-9/h7,10H,2-6H2,1H3,(H,11,12). The first-order chi connectivity index (χ1) is 5.60. The molecule has 70 valence electrons. The SMILES string of the molecule is CC(CO)CC1(C(=O)O)CCC1. The second-order valence-corrected chi connectivity index (χ2v) is 3.93. The predicted octanol–water partition coefficient (Wildman–Crippen LogP) is 1.26. The molecule has 3 nitrogen and oxygen atoms in total. The lowest BCUT2D eigenvalue weighted by Gasteiger charge is -2.39. The maximum absolute atomic E-state index is 10.9. The van der Waals surface area contributed by atoms with Crippen molar-refractivity contribution in [2.24, 2.45) is 11.3 Å². The quantitative estimate of drug-likeness (QED) is 0.671. The first-order valence-electron chi connectivity index (χ1n) is 4.45. The molecule has 0 aromatic carbocycles. The molecule has 1 atom stereocenters. The fourth-order valence-electron chi connectivity index (χ4n) is 1.84. The second kappa shape index (κ2) is 3.44. The van der Waals surface area contributed by atoms with Crippen LogP contribution < -0.4 is 0 Å². The molecular formula is C9H16O3. The summed E-state index contributed by atoms with van der Waals surface area (Å²) in [5, 5.41) is 17.8. The number of aliphatic hydroxyl groups is 1. The van der Waals surface area contributed by atoms with Gasteiger partial charge in [-0.1, -0.05) is 13.3 Å². The molecule has 1 aliphatic rings. The third kappa shape index (κ3) is 1.61. The van der Waals surface area contributed by atoms with Gasteiger partial charge >= 0.3 is 5.97 Å². The number of hydrogen-bond acceptors (Lipinski definition) is 2. The van der Waals surface area contributed by atoms with E-state index >= 15 is 0 Å². The van der Waals surface area contributed by atoms with Gasteiger partial charge in [0.15, 0.2) is 0 Å². The van der Waals surface area contributed by atoms with Crippen molar-refractivity contribution in [3.63, 3.8) is 0 Å². The van der Waals surface area contributed by atoms with E-state index in [1.54, 1.807) is 0 Å². The Hall–Kier alpha value is -0.570. The van der Waals surface area contributed by atoms with Crippen LogP contribution in [0.2, 0.25) is 0 Å².